The van der Waals surface area contributed by atoms with Gasteiger partial charge in [-0.05, 0) is 30.3 Å². The molecule has 24 heavy (non-hydrogen) atoms. The first-order valence-corrected chi connectivity index (χ1v) is 7.10. The minimum atomic E-state index is 0. The third kappa shape index (κ3) is 2.68. The first-order valence-electron chi connectivity index (χ1n) is 7.10. The average molecular weight is 343 g/mol. The van der Waals surface area contributed by atoms with E-state index in [4.69, 9.17) is 4.74 Å². The van der Waals surface area contributed by atoms with Crippen molar-refractivity contribution in [1.82, 2.24) is 15.0 Å². The summed E-state index contributed by atoms with van der Waals surface area (Å²) >= 11 is 0. The van der Waals surface area contributed by atoms with Gasteiger partial charge >= 0.3 is 0 Å². The maximum Gasteiger partial charge on any atom is 0.161 e. The van der Waals surface area contributed by atoms with E-state index < -0.39 is 0 Å². The molecule has 2 heterocycles. The summed E-state index contributed by atoms with van der Waals surface area (Å²) in [4.78, 5) is 11.7. The maximum absolute atomic E-state index is 9.87. The highest BCUT2D eigenvalue weighted by Crippen LogP contribution is 2.33. The number of methoxy groups -OCH3 is 1. The highest BCUT2D eigenvalue weighted by atomic mass is 35.5. The molecule has 0 bridgehead atoms. The fourth-order valence-electron chi connectivity index (χ4n) is 2.60. The molecule has 3 N–H and O–H groups in total. The van der Waals surface area contributed by atoms with Gasteiger partial charge in [0.15, 0.2) is 11.5 Å². The Hall–Kier alpha value is -2.99. The van der Waals surface area contributed by atoms with Gasteiger partial charge in [0.1, 0.15) is 12.1 Å². The molecular formula is C17H15ClN4O2. The van der Waals surface area contributed by atoms with Gasteiger partial charge in [-0.15, -0.1) is 12.4 Å². The van der Waals surface area contributed by atoms with Crippen LogP contribution >= 0.6 is 12.4 Å². The molecule has 2 aromatic carbocycles. The fourth-order valence-corrected chi connectivity index (χ4v) is 2.60. The Labute approximate surface area is 143 Å². The van der Waals surface area contributed by atoms with Crippen molar-refractivity contribution in [2.75, 3.05) is 12.4 Å². The zero-order valence-electron chi connectivity index (χ0n) is 12.8. The van der Waals surface area contributed by atoms with Crippen LogP contribution in [0.2, 0.25) is 0 Å². The highest BCUT2D eigenvalue weighted by molar-refractivity contribution is 5.94. The minimum Gasteiger partial charge on any atom is -0.504 e. The third-order valence-corrected chi connectivity index (χ3v) is 3.75. The Morgan fingerprint density at radius 3 is 2.83 bits per heavy atom. The maximum atomic E-state index is 9.87. The van der Waals surface area contributed by atoms with Crippen molar-refractivity contribution < 1.29 is 9.84 Å². The molecule has 0 amide bonds. The number of hydrogen-bond acceptors (Lipinski definition) is 5. The number of aromatic nitrogens is 3. The van der Waals surface area contributed by atoms with Crippen molar-refractivity contribution >= 4 is 45.7 Å². The molecule has 6 nitrogen and oxygen atoms in total. The molecule has 0 aliphatic heterocycles. The number of H-pyrrole nitrogens is 1. The van der Waals surface area contributed by atoms with E-state index in [-0.39, 0.29) is 18.2 Å². The molecule has 0 atom stereocenters. The number of ether oxygens (including phenoxy) is 1. The number of fused-ring (bicyclic) bond motifs is 2. The van der Waals surface area contributed by atoms with E-state index in [1.165, 1.54) is 13.4 Å². The standard InChI is InChI=1S/C17H14N4O2.ClH/c1-23-16-7-12-14(8-15(16)22)19-9-20-17(12)21-11-2-3-13-10(6-11)4-5-18-13;/h2-9,18,22H,1H3,(H,19,20,21);1H. The Bertz CT molecular complexity index is 1020. The molecule has 7 heteroatoms. The number of aromatic hydroxyl groups is 1. The van der Waals surface area contributed by atoms with Crippen LogP contribution in [-0.2, 0) is 0 Å². The summed E-state index contributed by atoms with van der Waals surface area (Å²) < 4.78 is 5.17. The van der Waals surface area contributed by atoms with Crippen LogP contribution in [0.1, 0.15) is 0 Å². The number of nitrogens with zero attached hydrogens (tertiary/aromatic N) is 2. The van der Waals surface area contributed by atoms with Crippen molar-refractivity contribution in [2.24, 2.45) is 0 Å². The molecule has 0 fully saturated rings. The number of hydrogen-bond donors (Lipinski definition) is 3. The molecule has 0 saturated heterocycles. The monoisotopic (exact) mass is 342 g/mol. The van der Waals surface area contributed by atoms with Gasteiger partial charge in [0.25, 0.3) is 0 Å². The van der Waals surface area contributed by atoms with E-state index in [2.05, 4.69) is 20.3 Å². The van der Waals surface area contributed by atoms with E-state index in [9.17, 15) is 5.11 Å². The van der Waals surface area contributed by atoms with Gasteiger partial charge in [-0.25, -0.2) is 9.97 Å². The van der Waals surface area contributed by atoms with Crippen LogP contribution in [0.4, 0.5) is 11.5 Å². The molecule has 0 radical (unpaired) electrons. The van der Waals surface area contributed by atoms with E-state index >= 15 is 0 Å². The predicted molar refractivity (Wildman–Crippen MR) is 96.6 cm³/mol. The Morgan fingerprint density at radius 1 is 1.12 bits per heavy atom. The minimum absolute atomic E-state index is 0. The second kappa shape index (κ2) is 6.25. The van der Waals surface area contributed by atoms with Crippen molar-refractivity contribution in [2.45, 2.75) is 0 Å². The van der Waals surface area contributed by atoms with Gasteiger partial charge in [0.2, 0.25) is 0 Å². The largest absolute Gasteiger partial charge is 0.504 e. The van der Waals surface area contributed by atoms with E-state index in [0.29, 0.717) is 17.1 Å². The van der Waals surface area contributed by atoms with Crippen molar-refractivity contribution in [1.29, 1.82) is 0 Å². The van der Waals surface area contributed by atoms with Crippen LogP contribution in [0.5, 0.6) is 11.5 Å². The van der Waals surface area contributed by atoms with Gasteiger partial charge in [0.05, 0.1) is 12.6 Å². The molecule has 4 rings (SSSR count). The van der Waals surface area contributed by atoms with E-state index in [1.807, 2.05) is 30.5 Å². The number of rotatable bonds is 3. The molecule has 2 aromatic heterocycles. The lowest BCUT2D eigenvalue weighted by molar-refractivity contribution is 0.374. The number of benzene rings is 2. The summed E-state index contributed by atoms with van der Waals surface area (Å²) in [6.07, 6.45) is 3.37. The molecule has 122 valence electrons. The SMILES string of the molecule is COc1cc2c(Nc3ccc4[nH]ccc4c3)ncnc2cc1O.Cl. The normalized spacial score (nSPS) is 10.5. The van der Waals surface area contributed by atoms with Crippen LogP contribution in [0.25, 0.3) is 21.8 Å². The predicted octanol–water partition coefficient (Wildman–Crippen LogP) is 3.99. The molecular weight excluding hydrogens is 328 g/mol. The molecule has 0 aliphatic carbocycles. The number of aromatic amines is 1. The summed E-state index contributed by atoms with van der Waals surface area (Å²) in [5, 5.41) is 15.1. The van der Waals surface area contributed by atoms with Gasteiger partial charge in [-0.2, -0.15) is 0 Å². The van der Waals surface area contributed by atoms with Gasteiger partial charge in [0, 0.05) is 34.2 Å². The van der Waals surface area contributed by atoms with E-state index in [0.717, 1.165) is 22.0 Å². The topological polar surface area (TPSA) is 83.1 Å². The van der Waals surface area contributed by atoms with E-state index in [1.54, 1.807) is 12.1 Å². The smallest absolute Gasteiger partial charge is 0.161 e. The van der Waals surface area contributed by atoms with Crippen LogP contribution < -0.4 is 10.1 Å². The highest BCUT2D eigenvalue weighted by Gasteiger charge is 2.10. The Balaban J connectivity index is 0.00000169. The number of phenols is 1. The van der Waals surface area contributed by atoms with Gasteiger partial charge < -0.3 is 20.1 Å². The van der Waals surface area contributed by atoms with Crippen LogP contribution in [0.3, 0.4) is 0 Å². The van der Waals surface area contributed by atoms with Crippen molar-refractivity contribution in [3.05, 3.63) is 48.9 Å². The summed E-state index contributed by atoms with van der Waals surface area (Å²) in [5.41, 5.74) is 2.64. The Kier molecular flexibility index (Phi) is 4.14. The molecule has 0 saturated carbocycles. The summed E-state index contributed by atoms with van der Waals surface area (Å²) in [6, 6.07) is 11.3. The lowest BCUT2D eigenvalue weighted by Crippen LogP contribution is -1.96. The first kappa shape index (κ1) is 15.9. The number of anilines is 2. The summed E-state index contributed by atoms with van der Waals surface area (Å²) in [5.74, 6) is 1.10. The lowest BCUT2D eigenvalue weighted by atomic mass is 10.2. The molecule has 0 spiro atoms. The van der Waals surface area contributed by atoms with Crippen LogP contribution in [-0.4, -0.2) is 27.2 Å². The number of halogens is 1. The summed E-state index contributed by atoms with van der Waals surface area (Å²) in [7, 11) is 1.51. The number of phenolic OH excluding ortho intramolecular Hbond substituents is 1. The zero-order valence-corrected chi connectivity index (χ0v) is 13.6. The zero-order chi connectivity index (χ0) is 15.8. The summed E-state index contributed by atoms with van der Waals surface area (Å²) in [6.45, 7) is 0. The third-order valence-electron chi connectivity index (χ3n) is 3.75. The molecule has 0 unspecified atom stereocenters. The fraction of sp³-hybridized carbons (Fsp3) is 0.0588. The first-order chi connectivity index (χ1) is 11.2. The van der Waals surface area contributed by atoms with Crippen LogP contribution in [0.15, 0.2) is 48.9 Å². The number of nitrogens with one attached hydrogen (secondary N) is 2. The quantitative estimate of drug-likeness (QED) is 0.524. The van der Waals surface area contributed by atoms with Crippen molar-refractivity contribution in [3.63, 3.8) is 0 Å². The Morgan fingerprint density at radius 2 is 2.00 bits per heavy atom. The molecule has 0 aliphatic rings. The second-order valence-corrected chi connectivity index (χ2v) is 5.17. The van der Waals surface area contributed by atoms with Crippen molar-refractivity contribution in [3.8, 4) is 11.5 Å². The second-order valence-electron chi connectivity index (χ2n) is 5.17. The average Bonchev–Trinajstić information content (AvgIpc) is 3.02. The molecule has 4 aromatic rings. The van der Waals surface area contributed by atoms with Gasteiger partial charge in [-0.1, -0.05) is 0 Å². The lowest BCUT2D eigenvalue weighted by Gasteiger charge is -2.10. The van der Waals surface area contributed by atoms with Gasteiger partial charge in [-0.3, -0.25) is 0 Å². The van der Waals surface area contributed by atoms with Crippen LogP contribution in [0, 0.1) is 0 Å².